The summed E-state index contributed by atoms with van der Waals surface area (Å²) < 4.78 is 12.8. The molecule has 1 amide bonds. The van der Waals surface area contributed by atoms with Crippen molar-refractivity contribution in [1.29, 1.82) is 0 Å². The van der Waals surface area contributed by atoms with Crippen LogP contribution in [0.1, 0.15) is 35.7 Å². The maximum atomic E-state index is 12.8. The molecule has 2 rings (SSSR count). The highest BCUT2D eigenvalue weighted by Gasteiger charge is 2.06. The van der Waals surface area contributed by atoms with Crippen LogP contribution in [0.3, 0.4) is 0 Å². The fraction of sp³-hybridized carbons (Fsp3) is 0.312. The van der Waals surface area contributed by atoms with Gasteiger partial charge < -0.3 is 10.6 Å². The SMILES string of the molecule is CCCCNC(=O)c1cnc(NCc2ccc(F)cc2)nc1. The molecule has 0 bridgehead atoms. The molecule has 1 heterocycles. The molecule has 0 atom stereocenters. The van der Waals surface area contributed by atoms with Gasteiger partial charge in [-0.15, -0.1) is 0 Å². The minimum atomic E-state index is -0.265. The van der Waals surface area contributed by atoms with E-state index in [1.54, 1.807) is 12.1 Å². The predicted molar refractivity (Wildman–Crippen MR) is 83.0 cm³/mol. The van der Waals surface area contributed by atoms with Crippen molar-refractivity contribution in [2.75, 3.05) is 11.9 Å². The number of unbranched alkanes of at least 4 members (excludes halogenated alkanes) is 1. The van der Waals surface area contributed by atoms with Crippen LogP contribution in [-0.2, 0) is 6.54 Å². The normalized spacial score (nSPS) is 10.3. The summed E-state index contributed by atoms with van der Waals surface area (Å²) in [5.41, 5.74) is 1.36. The number of rotatable bonds is 7. The van der Waals surface area contributed by atoms with Crippen LogP contribution in [0.25, 0.3) is 0 Å². The third-order valence-corrected chi connectivity index (χ3v) is 3.09. The lowest BCUT2D eigenvalue weighted by molar-refractivity contribution is 0.0952. The number of amides is 1. The summed E-state index contributed by atoms with van der Waals surface area (Å²) >= 11 is 0. The van der Waals surface area contributed by atoms with Gasteiger partial charge in [0.05, 0.1) is 5.56 Å². The molecule has 1 aromatic carbocycles. The van der Waals surface area contributed by atoms with Crippen LogP contribution in [0.5, 0.6) is 0 Å². The van der Waals surface area contributed by atoms with E-state index in [0.717, 1.165) is 18.4 Å². The van der Waals surface area contributed by atoms with Gasteiger partial charge >= 0.3 is 0 Å². The van der Waals surface area contributed by atoms with E-state index in [-0.39, 0.29) is 11.7 Å². The molecule has 0 saturated carbocycles. The Morgan fingerprint density at radius 1 is 1.18 bits per heavy atom. The Labute approximate surface area is 129 Å². The molecule has 0 saturated heterocycles. The minimum Gasteiger partial charge on any atom is -0.352 e. The number of halogens is 1. The molecule has 2 N–H and O–H groups in total. The number of hydrogen-bond donors (Lipinski definition) is 2. The standard InChI is InChI=1S/C16H19FN4O/c1-2-3-8-18-15(22)13-10-20-16(21-11-13)19-9-12-4-6-14(17)7-5-12/h4-7,10-11H,2-3,8-9H2,1H3,(H,18,22)(H,19,20,21). The number of nitrogens with zero attached hydrogens (tertiary/aromatic N) is 2. The van der Waals surface area contributed by atoms with E-state index >= 15 is 0 Å². The zero-order valence-corrected chi connectivity index (χ0v) is 12.5. The minimum absolute atomic E-state index is 0.168. The van der Waals surface area contributed by atoms with E-state index in [4.69, 9.17) is 0 Å². The molecule has 0 aliphatic rings. The van der Waals surface area contributed by atoms with Gasteiger partial charge in [0.15, 0.2) is 0 Å². The second-order valence-corrected chi connectivity index (χ2v) is 4.88. The van der Waals surface area contributed by atoms with Gasteiger partial charge in [0.1, 0.15) is 5.82 Å². The average molecular weight is 302 g/mol. The Morgan fingerprint density at radius 3 is 2.50 bits per heavy atom. The molecular weight excluding hydrogens is 283 g/mol. The van der Waals surface area contributed by atoms with Crippen molar-refractivity contribution in [1.82, 2.24) is 15.3 Å². The molecule has 0 unspecified atom stereocenters. The van der Waals surface area contributed by atoms with Crippen molar-refractivity contribution < 1.29 is 9.18 Å². The van der Waals surface area contributed by atoms with Gasteiger partial charge in [0.25, 0.3) is 5.91 Å². The lowest BCUT2D eigenvalue weighted by Gasteiger charge is -2.06. The lowest BCUT2D eigenvalue weighted by Crippen LogP contribution is -2.24. The highest BCUT2D eigenvalue weighted by molar-refractivity contribution is 5.93. The molecule has 22 heavy (non-hydrogen) atoms. The van der Waals surface area contributed by atoms with Crippen LogP contribution in [0.4, 0.5) is 10.3 Å². The quantitative estimate of drug-likeness (QED) is 0.772. The second kappa shape index (κ2) is 8.07. The average Bonchev–Trinajstić information content (AvgIpc) is 2.55. The summed E-state index contributed by atoms with van der Waals surface area (Å²) in [7, 11) is 0. The van der Waals surface area contributed by atoms with Crippen LogP contribution in [0, 0.1) is 5.82 Å². The van der Waals surface area contributed by atoms with E-state index in [9.17, 15) is 9.18 Å². The van der Waals surface area contributed by atoms with Crippen molar-refractivity contribution in [2.45, 2.75) is 26.3 Å². The van der Waals surface area contributed by atoms with E-state index in [1.165, 1.54) is 24.5 Å². The Kier molecular flexibility index (Phi) is 5.82. The van der Waals surface area contributed by atoms with Gasteiger partial charge in [-0.1, -0.05) is 25.5 Å². The zero-order valence-electron chi connectivity index (χ0n) is 12.5. The molecule has 0 radical (unpaired) electrons. The first kappa shape index (κ1) is 15.9. The molecule has 0 aliphatic carbocycles. The number of anilines is 1. The van der Waals surface area contributed by atoms with Crippen LogP contribution in [0.15, 0.2) is 36.7 Å². The number of carbonyl (C=O) groups excluding carboxylic acids is 1. The van der Waals surface area contributed by atoms with Gasteiger partial charge in [-0.2, -0.15) is 0 Å². The largest absolute Gasteiger partial charge is 0.352 e. The van der Waals surface area contributed by atoms with Gasteiger partial charge in [-0.25, -0.2) is 14.4 Å². The summed E-state index contributed by atoms with van der Waals surface area (Å²) in [6, 6.07) is 6.19. The number of nitrogens with one attached hydrogen (secondary N) is 2. The predicted octanol–water partition coefficient (Wildman–Crippen LogP) is 2.76. The first-order valence-electron chi connectivity index (χ1n) is 7.27. The van der Waals surface area contributed by atoms with Crippen molar-refractivity contribution in [3.05, 3.63) is 53.6 Å². The zero-order chi connectivity index (χ0) is 15.8. The monoisotopic (exact) mass is 302 g/mol. The van der Waals surface area contributed by atoms with E-state index < -0.39 is 0 Å². The van der Waals surface area contributed by atoms with E-state index in [2.05, 4.69) is 27.5 Å². The van der Waals surface area contributed by atoms with Crippen molar-refractivity contribution in [3.63, 3.8) is 0 Å². The molecule has 116 valence electrons. The number of benzene rings is 1. The summed E-state index contributed by atoms with van der Waals surface area (Å²) in [4.78, 5) is 20.0. The van der Waals surface area contributed by atoms with Gasteiger partial charge in [-0.05, 0) is 24.1 Å². The number of aromatic nitrogens is 2. The molecule has 5 nitrogen and oxygen atoms in total. The molecule has 2 aromatic rings. The van der Waals surface area contributed by atoms with Crippen molar-refractivity contribution >= 4 is 11.9 Å². The van der Waals surface area contributed by atoms with Crippen LogP contribution < -0.4 is 10.6 Å². The van der Waals surface area contributed by atoms with E-state index in [0.29, 0.717) is 24.6 Å². The van der Waals surface area contributed by atoms with Gasteiger partial charge in [0.2, 0.25) is 5.95 Å². The molecule has 0 fully saturated rings. The van der Waals surface area contributed by atoms with Crippen LogP contribution in [-0.4, -0.2) is 22.4 Å². The Morgan fingerprint density at radius 2 is 1.86 bits per heavy atom. The third kappa shape index (κ3) is 4.80. The summed E-state index contributed by atoms with van der Waals surface area (Å²) in [6.07, 6.45) is 4.95. The lowest BCUT2D eigenvalue weighted by atomic mass is 10.2. The Balaban J connectivity index is 1.86. The molecular formula is C16H19FN4O. The maximum absolute atomic E-state index is 12.8. The van der Waals surface area contributed by atoms with E-state index in [1.807, 2.05) is 0 Å². The third-order valence-electron chi connectivity index (χ3n) is 3.09. The van der Waals surface area contributed by atoms with Gasteiger partial charge in [-0.3, -0.25) is 4.79 Å². The molecule has 0 spiro atoms. The summed E-state index contributed by atoms with van der Waals surface area (Å²) in [6.45, 7) is 3.21. The van der Waals surface area contributed by atoms with Crippen LogP contribution in [0.2, 0.25) is 0 Å². The molecule has 1 aromatic heterocycles. The Bertz CT molecular complexity index is 599. The first-order chi connectivity index (χ1) is 10.7. The topological polar surface area (TPSA) is 66.9 Å². The fourth-order valence-electron chi connectivity index (χ4n) is 1.80. The maximum Gasteiger partial charge on any atom is 0.254 e. The van der Waals surface area contributed by atoms with Crippen molar-refractivity contribution in [3.8, 4) is 0 Å². The first-order valence-corrected chi connectivity index (χ1v) is 7.27. The van der Waals surface area contributed by atoms with Crippen molar-refractivity contribution in [2.24, 2.45) is 0 Å². The fourth-order valence-corrected chi connectivity index (χ4v) is 1.80. The second-order valence-electron chi connectivity index (χ2n) is 4.88. The Hall–Kier alpha value is -2.50. The molecule has 0 aliphatic heterocycles. The van der Waals surface area contributed by atoms with Gasteiger partial charge in [0, 0.05) is 25.5 Å². The highest BCUT2D eigenvalue weighted by Crippen LogP contribution is 2.06. The number of carbonyl (C=O) groups is 1. The summed E-state index contributed by atoms with van der Waals surface area (Å²) in [5, 5.41) is 5.83. The smallest absolute Gasteiger partial charge is 0.254 e. The summed E-state index contributed by atoms with van der Waals surface area (Å²) in [5.74, 6) is -0.00796. The molecule has 6 heteroatoms. The van der Waals surface area contributed by atoms with Crippen LogP contribution >= 0.6 is 0 Å². The number of hydrogen-bond acceptors (Lipinski definition) is 4. The highest BCUT2D eigenvalue weighted by atomic mass is 19.1.